The lowest BCUT2D eigenvalue weighted by Crippen LogP contribution is -2.48. The number of aliphatic hydroxyl groups is 1. The third kappa shape index (κ3) is 3.13. The van der Waals surface area contributed by atoms with Crippen molar-refractivity contribution in [1.82, 2.24) is 5.32 Å². The first kappa shape index (κ1) is 15.8. The van der Waals surface area contributed by atoms with Crippen LogP contribution in [0.25, 0.3) is 0 Å². The molecule has 0 radical (unpaired) electrons. The molecule has 0 spiro atoms. The van der Waals surface area contributed by atoms with E-state index < -0.39 is 0 Å². The zero-order chi connectivity index (χ0) is 15.5. The van der Waals surface area contributed by atoms with Crippen molar-refractivity contribution >= 4 is 21.8 Å². The summed E-state index contributed by atoms with van der Waals surface area (Å²) in [6.07, 6.45) is 7.15. The van der Waals surface area contributed by atoms with Gasteiger partial charge in [-0.15, -0.1) is 0 Å². The summed E-state index contributed by atoms with van der Waals surface area (Å²) in [6.45, 7) is 0.965. The molecule has 3 nitrogen and oxygen atoms in total. The maximum absolute atomic E-state index is 12.4. The molecule has 1 aliphatic carbocycles. The fourth-order valence-electron chi connectivity index (χ4n) is 3.94. The first-order chi connectivity index (χ1) is 10.7. The van der Waals surface area contributed by atoms with Gasteiger partial charge in [0.1, 0.15) is 0 Å². The third-order valence-corrected chi connectivity index (χ3v) is 5.51. The van der Waals surface area contributed by atoms with Gasteiger partial charge in [-0.05, 0) is 48.8 Å². The highest BCUT2D eigenvalue weighted by molar-refractivity contribution is 9.10. The molecule has 2 aliphatic rings. The highest BCUT2D eigenvalue weighted by Gasteiger charge is 2.42. The summed E-state index contributed by atoms with van der Waals surface area (Å²) in [6, 6.07) is 8.44. The Morgan fingerprint density at radius 3 is 2.73 bits per heavy atom. The van der Waals surface area contributed by atoms with Crippen molar-refractivity contribution in [3.63, 3.8) is 0 Å². The average Bonchev–Trinajstić information content (AvgIpc) is 2.54. The van der Waals surface area contributed by atoms with Gasteiger partial charge in [0.05, 0.1) is 0 Å². The quantitative estimate of drug-likeness (QED) is 0.806. The van der Waals surface area contributed by atoms with Crippen LogP contribution in [0.1, 0.15) is 30.7 Å². The van der Waals surface area contributed by atoms with Gasteiger partial charge in [0.25, 0.3) is 0 Å². The van der Waals surface area contributed by atoms with Crippen LogP contribution in [0.4, 0.5) is 0 Å². The average molecular weight is 364 g/mol. The highest BCUT2D eigenvalue weighted by atomic mass is 79.9. The van der Waals surface area contributed by atoms with E-state index in [2.05, 4.69) is 57.7 Å². The van der Waals surface area contributed by atoms with Gasteiger partial charge >= 0.3 is 0 Å². The fourth-order valence-corrected chi connectivity index (χ4v) is 4.20. The summed E-state index contributed by atoms with van der Waals surface area (Å²) in [5, 5.41) is 12.1. The summed E-state index contributed by atoms with van der Waals surface area (Å²) in [5.74, 6) is 1.16. The zero-order valence-electron chi connectivity index (χ0n) is 12.5. The van der Waals surface area contributed by atoms with Gasteiger partial charge in [0.15, 0.2) is 0 Å². The van der Waals surface area contributed by atoms with Crippen molar-refractivity contribution in [3.8, 4) is 0 Å². The summed E-state index contributed by atoms with van der Waals surface area (Å²) in [4.78, 5) is 12.4. The van der Waals surface area contributed by atoms with Gasteiger partial charge in [-0.3, -0.25) is 4.79 Å². The van der Waals surface area contributed by atoms with Crippen LogP contribution in [0.2, 0.25) is 0 Å². The summed E-state index contributed by atoms with van der Waals surface area (Å²) in [7, 11) is 0. The van der Waals surface area contributed by atoms with Crippen LogP contribution in [0.15, 0.2) is 40.9 Å². The van der Waals surface area contributed by atoms with E-state index in [9.17, 15) is 4.79 Å². The van der Waals surface area contributed by atoms with E-state index in [1.54, 1.807) is 0 Å². The molecule has 3 rings (SSSR count). The molecule has 1 aromatic carbocycles. The van der Waals surface area contributed by atoms with Gasteiger partial charge in [-0.1, -0.05) is 40.2 Å². The number of hydrogen-bond acceptors (Lipinski definition) is 2. The topological polar surface area (TPSA) is 49.3 Å². The fraction of sp³-hybridized carbons (Fsp3) is 0.500. The van der Waals surface area contributed by atoms with Crippen molar-refractivity contribution in [2.24, 2.45) is 17.8 Å². The van der Waals surface area contributed by atoms with Crippen LogP contribution in [0.3, 0.4) is 0 Å². The highest BCUT2D eigenvalue weighted by Crippen LogP contribution is 2.44. The van der Waals surface area contributed by atoms with Crippen molar-refractivity contribution in [2.75, 3.05) is 13.2 Å². The Bertz CT molecular complexity index is 555. The van der Waals surface area contributed by atoms with E-state index in [0.29, 0.717) is 11.8 Å². The van der Waals surface area contributed by atoms with Crippen molar-refractivity contribution in [1.29, 1.82) is 0 Å². The van der Waals surface area contributed by atoms with Gasteiger partial charge in [0, 0.05) is 29.5 Å². The second kappa shape index (κ2) is 6.97. The predicted molar refractivity (Wildman–Crippen MR) is 90.4 cm³/mol. The van der Waals surface area contributed by atoms with E-state index in [1.165, 1.54) is 5.56 Å². The van der Waals surface area contributed by atoms with E-state index in [-0.39, 0.29) is 24.3 Å². The Morgan fingerprint density at radius 2 is 2.00 bits per heavy atom. The van der Waals surface area contributed by atoms with Crippen LogP contribution in [0, 0.1) is 17.8 Å². The van der Waals surface area contributed by atoms with Gasteiger partial charge < -0.3 is 10.4 Å². The maximum Gasteiger partial charge on any atom is 0.224 e. The number of amides is 1. The molecule has 0 bridgehead atoms. The Balaban J connectivity index is 1.89. The molecule has 1 fully saturated rings. The normalized spacial score (nSPS) is 30.7. The van der Waals surface area contributed by atoms with Crippen molar-refractivity contribution < 1.29 is 9.90 Å². The molecule has 0 unspecified atom stereocenters. The van der Waals surface area contributed by atoms with Crippen molar-refractivity contribution in [2.45, 2.75) is 25.2 Å². The molecule has 1 saturated heterocycles. The number of nitrogens with one attached hydrogen (secondary N) is 1. The second-order valence-electron chi connectivity index (χ2n) is 6.26. The van der Waals surface area contributed by atoms with Crippen LogP contribution in [-0.4, -0.2) is 24.2 Å². The van der Waals surface area contributed by atoms with Gasteiger partial charge in [0.2, 0.25) is 5.91 Å². The van der Waals surface area contributed by atoms with Crippen molar-refractivity contribution in [3.05, 3.63) is 46.5 Å². The molecule has 1 amide bonds. The number of carbonyl (C=O) groups is 1. The number of halogens is 1. The van der Waals surface area contributed by atoms with Crippen LogP contribution >= 0.6 is 15.9 Å². The smallest absolute Gasteiger partial charge is 0.224 e. The first-order valence-corrected chi connectivity index (χ1v) is 8.82. The third-order valence-electron chi connectivity index (χ3n) is 4.98. The summed E-state index contributed by atoms with van der Waals surface area (Å²) >= 11 is 3.48. The number of rotatable bonds is 4. The Morgan fingerprint density at radius 1 is 1.23 bits per heavy atom. The molecule has 2 N–H and O–H groups in total. The lowest BCUT2D eigenvalue weighted by Gasteiger charge is -2.42. The molecule has 0 aromatic heterocycles. The molecule has 1 aliphatic heterocycles. The molecule has 4 atom stereocenters. The zero-order valence-corrected chi connectivity index (χ0v) is 14.1. The molecular weight excluding hydrogens is 342 g/mol. The van der Waals surface area contributed by atoms with E-state index in [4.69, 9.17) is 5.11 Å². The second-order valence-corrected chi connectivity index (χ2v) is 7.18. The molecular formula is C18H22BrNO2. The van der Waals surface area contributed by atoms with Crippen LogP contribution in [-0.2, 0) is 4.79 Å². The number of hydrogen-bond donors (Lipinski definition) is 2. The number of benzene rings is 1. The monoisotopic (exact) mass is 363 g/mol. The Hall–Kier alpha value is -1.13. The summed E-state index contributed by atoms with van der Waals surface area (Å²) in [5.41, 5.74) is 1.28. The minimum atomic E-state index is 0.0407. The molecule has 118 valence electrons. The lowest BCUT2D eigenvalue weighted by atomic mass is 9.64. The molecule has 22 heavy (non-hydrogen) atoms. The number of fused-ring (bicyclic) bond motifs is 1. The molecule has 4 heteroatoms. The standard InChI is InChI=1S/C18H22BrNO2/c19-14-6-3-12(4-7-14)15-8-5-13(2-1-11-21)17-16(15)9-10-20-18(17)22/h3-8,13,15-17,21H,1-2,9-11H2,(H,20,22)/t13-,15+,16+,17+/m0/s1. The van der Waals surface area contributed by atoms with E-state index in [1.807, 2.05) is 0 Å². The molecule has 1 heterocycles. The largest absolute Gasteiger partial charge is 0.396 e. The minimum Gasteiger partial charge on any atom is -0.396 e. The van der Waals surface area contributed by atoms with Crippen LogP contribution in [0.5, 0.6) is 0 Å². The lowest BCUT2D eigenvalue weighted by molar-refractivity contribution is -0.131. The maximum atomic E-state index is 12.4. The first-order valence-electron chi connectivity index (χ1n) is 8.03. The number of allylic oxidation sites excluding steroid dienone is 2. The van der Waals surface area contributed by atoms with E-state index >= 15 is 0 Å². The van der Waals surface area contributed by atoms with Gasteiger partial charge in [-0.25, -0.2) is 0 Å². The Kier molecular flexibility index (Phi) is 4.99. The Labute approximate surface area is 139 Å². The number of carbonyl (C=O) groups excluding carboxylic acids is 1. The van der Waals surface area contributed by atoms with Gasteiger partial charge in [-0.2, -0.15) is 0 Å². The summed E-state index contributed by atoms with van der Waals surface area (Å²) < 4.78 is 1.08. The number of piperidine rings is 1. The van der Waals surface area contributed by atoms with Crippen LogP contribution < -0.4 is 5.32 Å². The predicted octanol–water partition coefficient (Wildman–Crippen LogP) is 3.24. The number of aliphatic hydroxyl groups excluding tert-OH is 1. The minimum absolute atomic E-state index is 0.0407. The SMILES string of the molecule is O=C1NCC[C@H]2[C@H]1[C@@H](CCCO)C=C[C@@H]2c1ccc(Br)cc1. The molecule has 1 aromatic rings. The van der Waals surface area contributed by atoms with E-state index in [0.717, 1.165) is 30.3 Å². The molecule has 0 saturated carbocycles.